The van der Waals surface area contributed by atoms with Gasteiger partial charge in [0.2, 0.25) is 0 Å². The molecule has 5 nitrogen and oxygen atoms in total. The number of nitrogens with one attached hydrogen (secondary N) is 1. The Morgan fingerprint density at radius 2 is 1.74 bits per heavy atom. The SMILES string of the molecule is Cc1cn2cc(-c3cc(F)c4c(=O)n([C@@H]5C[C@@H](C)N[C@@H](C)C5)ccc4c3)cc(F)c2n1. The number of imidazole rings is 1. The molecule has 1 N–H and O–H groups in total. The average Bonchev–Trinajstić information content (AvgIpc) is 3.08. The first-order valence-electron chi connectivity index (χ1n) is 10.6. The molecule has 1 aliphatic rings. The number of piperidine rings is 1. The lowest BCUT2D eigenvalue weighted by Gasteiger charge is -2.34. The molecule has 1 saturated heterocycles. The minimum atomic E-state index is -0.593. The largest absolute Gasteiger partial charge is 0.312 e. The second kappa shape index (κ2) is 7.27. The number of fused-ring (bicyclic) bond motifs is 2. The molecule has 160 valence electrons. The number of hydrogen-bond donors (Lipinski definition) is 1. The Morgan fingerprint density at radius 1 is 1.03 bits per heavy atom. The van der Waals surface area contributed by atoms with Crippen LogP contribution in [0.5, 0.6) is 0 Å². The number of nitrogens with zero attached hydrogens (tertiary/aromatic N) is 3. The predicted octanol–water partition coefficient (Wildman–Crippen LogP) is 4.60. The van der Waals surface area contributed by atoms with Crippen LogP contribution < -0.4 is 10.9 Å². The standard InChI is InChI=1S/C24H24F2N4O/c1-13-6-19(7-14(2)27-13)30-5-4-16-8-17(9-20(25)22(16)24(30)31)18-10-21(26)23-28-15(3)11-29(23)12-18/h4-5,8-14,19,27H,6-7H2,1-3H3/t13-,14+,19-. The quantitative estimate of drug-likeness (QED) is 0.514. The predicted molar refractivity (Wildman–Crippen MR) is 117 cm³/mol. The van der Waals surface area contributed by atoms with Gasteiger partial charge in [-0.05, 0) is 68.8 Å². The van der Waals surface area contributed by atoms with Crippen molar-refractivity contribution in [1.29, 1.82) is 0 Å². The van der Waals surface area contributed by atoms with E-state index in [0.29, 0.717) is 34.3 Å². The summed E-state index contributed by atoms with van der Waals surface area (Å²) in [5.41, 5.74) is 1.64. The molecule has 4 aromatic rings. The van der Waals surface area contributed by atoms with E-state index < -0.39 is 11.6 Å². The topological polar surface area (TPSA) is 51.3 Å². The van der Waals surface area contributed by atoms with Crippen molar-refractivity contribution in [2.45, 2.75) is 51.7 Å². The van der Waals surface area contributed by atoms with Crippen LogP contribution in [-0.4, -0.2) is 26.0 Å². The lowest BCUT2D eigenvalue weighted by Crippen LogP contribution is -2.44. The summed E-state index contributed by atoms with van der Waals surface area (Å²) < 4.78 is 32.9. The molecule has 3 aromatic heterocycles. The molecule has 0 amide bonds. The highest BCUT2D eigenvalue weighted by atomic mass is 19.1. The van der Waals surface area contributed by atoms with Gasteiger partial charge in [0.15, 0.2) is 11.5 Å². The van der Waals surface area contributed by atoms with E-state index in [4.69, 9.17) is 0 Å². The van der Waals surface area contributed by atoms with Crippen LogP contribution in [0.3, 0.4) is 0 Å². The van der Waals surface area contributed by atoms with Gasteiger partial charge in [-0.3, -0.25) is 4.79 Å². The number of benzene rings is 1. The van der Waals surface area contributed by atoms with E-state index in [2.05, 4.69) is 24.1 Å². The van der Waals surface area contributed by atoms with Crippen molar-refractivity contribution in [1.82, 2.24) is 19.3 Å². The molecule has 0 radical (unpaired) electrons. The summed E-state index contributed by atoms with van der Waals surface area (Å²) in [6, 6.07) is 6.79. The van der Waals surface area contributed by atoms with Crippen LogP contribution >= 0.6 is 0 Å². The van der Waals surface area contributed by atoms with Crippen LogP contribution in [0.4, 0.5) is 8.78 Å². The normalized spacial score (nSPS) is 21.8. The smallest absolute Gasteiger partial charge is 0.261 e. The molecule has 4 heterocycles. The Hall–Kier alpha value is -3.06. The maximum absolute atomic E-state index is 15.2. The van der Waals surface area contributed by atoms with Gasteiger partial charge in [-0.1, -0.05) is 0 Å². The third kappa shape index (κ3) is 3.43. The first-order valence-corrected chi connectivity index (χ1v) is 10.6. The number of rotatable bonds is 2. The number of hydrogen-bond acceptors (Lipinski definition) is 3. The van der Waals surface area contributed by atoms with Crippen LogP contribution in [-0.2, 0) is 0 Å². The van der Waals surface area contributed by atoms with E-state index in [1.54, 1.807) is 46.6 Å². The number of pyridine rings is 2. The van der Waals surface area contributed by atoms with Crippen molar-refractivity contribution >= 4 is 16.4 Å². The number of aryl methyl sites for hydroxylation is 1. The van der Waals surface area contributed by atoms with Crippen LogP contribution in [0.1, 0.15) is 38.4 Å². The third-order valence-corrected chi connectivity index (χ3v) is 6.16. The number of halogens is 2. The fourth-order valence-corrected chi connectivity index (χ4v) is 4.90. The lowest BCUT2D eigenvalue weighted by molar-refractivity contribution is 0.260. The molecular weight excluding hydrogens is 398 g/mol. The fourth-order valence-electron chi connectivity index (χ4n) is 4.90. The average molecular weight is 422 g/mol. The Bertz CT molecular complexity index is 1360. The van der Waals surface area contributed by atoms with E-state index in [1.807, 2.05) is 0 Å². The summed E-state index contributed by atoms with van der Waals surface area (Å²) in [6.45, 7) is 5.98. The lowest BCUT2D eigenvalue weighted by atomic mass is 9.94. The second-order valence-corrected chi connectivity index (χ2v) is 8.73. The van der Waals surface area contributed by atoms with Crippen LogP contribution in [0.2, 0.25) is 0 Å². The van der Waals surface area contributed by atoms with Gasteiger partial charge in [0.1, 0.15) is 5.82 Å². The Morgan fingerprint density at radius 3 is 2.48 bits per heavy atom. The van der Waals surface area contributed by atoms with Gasteiger partial charge >= 0.3 is 0 Å². The van der Waals surface area contributed by atoms with Crippen molar-refractivity contribution in [2.75, 3.05) is 0 Å². The zero-order chi connectivity index (χ0) is 21.9. The van der Waals surface area contributed by atoms with Crippen molar-refractivity contribution in [3.05, 3.63) is 70.5 Å². The Labute approximate surface area is 178 Å². The zero-order valence-electron chi connectivity index (χ0n) is 17.7. The highest BCUT2D eigenvalue weighted by Crippen LogP contribution is 2.29. The minimum Gasteiger partial charge on any atom is -0.312 e. The summed E-state index contributed by atoms with van der Waals surface area (Å²) in [5, 5.41) is 4.05. The van der Waals surface area contributed by atoms with Crippen LogP contribution in [0.25, 0.3) is 27.5 Å². The molecule has 7 heteroatoms. The minimum absolute atomic E-state index is 0.0308. The van der Waals surface area contributed by atoms with E-state index in [0.717, 1.165) is 12.8 Å². The summed E-state index contributed by atoms with van der Waals surface area (Å²) >= 11 is 0. The monoisotopic (exact) mass is 422 g/mol. The van der Waals surface area contributed by atoms with Crippen molar-refractivity contribution in [3.8, 4) is 11.1 Å². The molecule has 0 aliphatic carbocycles. The molecule has 1 aromatic carbocycles. The maximum atomic E-state index is 15.2. The van der Waals surface area contributed by atoms with Crippen LogP contribution in [0, 0.1) is 18.6 Å². The van der Waals surface area contributed by atoms with E-state index >= 15 is 4.39 Å². The van der Waals surface area contributed by atoms with Gasteiger partial charge in [-0.15, -0.1) is 0 Å². The van der Waals surface area contributed by atoms with Crippen molar-refractivity contribution in [2.24, 2.45) is 0 Å². The van der Waals surface area contributed by atoms with Gasteiger partial charge in [-0.25, -0.2) is 13.8 Å². The highest BCUT2D eigenvalue weighted by Gasteiger charge is 2.26. The summed E-state index contributed by atoms with van der Waals surface area (Å²) in [7, 11) is 0. The molecule has 1 fully saturated rings. The first-order chi connectivity index (χ1) is 14.8. The van der Waals surface area contributed by atoms with Gasteiger partial charge in [-0.2, -0.15) is 0 Å². The first kappa shape index (κ1) is 19.9. The van der Waals surface area contributed by atoms with E-state index in [1.165, 1.54) is 12.1 Å². The highest BCUT2D eigenvalue weighted by molar-refractivity contribution is 5.87. The molecule has 0 bridgehead atoms. The summed E-state index contributed by atoms with van der Waals surface area (Å²) in [4.78, 5) is 17.3. The Kier molecular flexibility index (Phi) is 4.66. The molecule has 0 spiro atoms. The fraction of sp³-hybridized carbons (Fsp3) is 0.333. The summed E-state index contributed by atoms with van der Waals surface area (Å²) in [5.74, 6) is -1.07. The zero-order valence-corrected chi connectivity index (χ0v) is 17.7. The molecule has 1 aliphatic heterocycles. The number of aromatic nitrogens is 3. The summed E-state index contributed by atoms with van der Waals surface area (Å²) in [6.07, 6.45) is 6.83. The Balaban J connectivity index is 1.62. The molecule has 0 saturated carbocycles. The molecule has 31 heavy (non-hydrogen) atoms. The van der Waals surface area contributed by atoms with Gasteiger partial charge in [0.25, 0.3) is 5.56 Å². The third-order valence-electron chi connectivity index (χ3n) is 6.16. The molecule has 5 rings (SSSR count). The molecule has 3 atom stereocenters. The van der Waals surface area contributed by atoms with Crippen LogP contribution in [0.15, 0.2) is 47.7 Å². The van der Waals surface area contributed by atoms with Crippen molar-refractivity contribution in [3.63, 3.8) is 0 Å². The van der Waals surface area contributed by atoms with Gasteiger partial charge in [0, 0.05) is 42.3 Å². The second-order valence-electron chi connectivity index (χ2n) is 8.73. The van der Waals surface area contributed by atoms with E-state index in [9.17, 15) is 9.18 Å². The van der Waals surface area contributed by atoms with Crippen molar-refractivity contribution < 1.29 is 8.78 Å². The van der Waals surface area contributed by atoms with E-state index in [-0.39, 0.29) is 22.6 Å². The molecule has 0 unspecified atom stereocenters. The maximum Gasteiger partial charge on any atom is 0.261 e. The van der Waals surface area contributed by atoms with Gasteiger partial charge in [0.05, 0.1) is 11.1 Å². The van der Waals surface area contributed by atoms with Gasteiger partial charge < -0.3 is 14.3 Å². The molecular formula is C24H24F2N4O.